The molecule has 0 radical (unpaired) electrons. The minimum atomic E-state index is -0.209. The molecule has 3 atom stereocenters. The molecular weight excluding hydrogens is 445 g/mol. The third kappa shape index (κ3) is 4.13. The second-order valence-corrected chi connectivity index (χ2v) is 11.9. The number of fused-ring (bicyclic) bond motifs is 3. The molecule has 0 aromatic heterocycles. The molecule has 1 aromatic carbocycles. The van der Waals surface area contributed by atoms with Crippen LogP contribution < -0.4 is 4.90 Å². The fraction of sp³-hybridized carbons (Fsp3) is 0.714. The number of halogens is 1. The number of ether oxygens (including phenoxy) is 1. The number of rotatable bonds is 3. The zero-order valence-electron chi connectivity index (χ0n) is 21.0. The lowest BCUT2D eigenvalue weighted by atomic mass is 9.74. The lowest BCUT2D eigenvalue weighted by Gasteiger charge is -2.42. The number of likely N-dealkylation sites (tertiary alicyclic amines) is 2. The number of piperidine rings is 2. The maximum absolute atomic E-state index is 14.3. The van der Waals surface area contributed by atoms with E-state index in [2.05, 4.69) is 4.90 Å². The SMILES string of the molecule is CC(C)OC(=O)N1CCCC2CC(N3CCC4(CC3)CN(C(=O)C3CC3)c3ccc(F)cc34)CC21. The summed E-state index contributed by atoms with van der Waals surface area (Å²) in [4.78, 5) is 32.3. The van der Waals surface area contributed by atoms with E-state index >= 15 is 0 Å². The van der Waals surface area contributed by atoms with Gasteiger partial charge in [-0.25, -0.2) is 9.18 Å². The number of benzene rings is 1. The summed E-state index contributed by atoms with van der Waals surface area (Å²) in [6.45, 7) is 7.23. The van der Waals surface area contributed by atoms with Gasteiger partial charge in [-0.1, -0.05) is 0 Å². The molecule has 4 fully saturated rings. The molecule has 5 aliphatic rings. The fourth-order valence-electron chi connectivity index (χ4n) is 7.38. The molecule has 2 aliphatic carbocycles. The van der Waals surface area contributed by atoms with Crippen molar-refractivity contribution in [3.63, 3.8) is 0 Å². The van der Waals surface area contributed by atoms with Crippen molar-refractivity contribution in [2.24, 2.45) is 11.8 Å². The molecule has 0 bridgehead atoms. The van der Waals surface area contributed by atoms with Gasteiger partial charge in [-0.3, -0.25) is 4.79 Å². The van der Waals surface area contributed by atoms with Gasteiger partial charge in [0.25, 0.3) is 0 Å². The monoisotopic (exact) mass is 483 g/mol. The molecule has 2 saturated carbocycles. The van der Waals surface area contributed by atoms with E-state index in [-0.39, 0.29) is 41.3 Å². The Labute approximate surface area is 207 Å². The highest BCUT2D eigenvalue weighted by atomic mass is 19.1. The Balaban J connectivity index is 1.15. The van der Waals surface area contributed by atoms with Gasteiger partial charge in [-0.05, 0) is 108 Å². The van der Waals surface area contributed by atoms with Crippen LogP contribution in [0.4, 0.5) is 14.9 Å². The fourth-order valence-corrected chi connectivity index (χ4v) is 7.38. The highest BCUT2D eigenvalue weighted by molar-refractivity contribution is 5.99. The standard InChI is InChI=1S/C28H38FN3O3/c1-18(2)35-27(34)31-11-3-4-20-14-22(16-25(20)31)30-12-9-28(10-13-30)17-32(26(33)19-5-6-19)24-8-7-21(29)15-23(24)28/h7-8,15,18-20,22,25H,3-6,9-14,16-17H2,1-2H3. The predicted molar refractivity (Wildman–Crippen MR) is 132 cm³/mol. The normalized spacial score (nSPS) is 30.0. The van der Waals surface area contributed by atoms with Crippen LogP contribution in [0, 0.1) is 17.7 Å². The van der Waals surface area contributed by atoms with E-state index in [1.54, 1.807) is 6.07 Å². The Morgan fingerprint density at radius 3 is 2.57 bits per heavy atom. The summed E-state index contributed by atoms with van der Waals surface area (Å²) in [6.07, 6.45) is 8.01. The predicted octanol–water partition coefficient (Wildman–Crippen LogP) is 4.70. The number of anilines is 1. The summed E-state index contributed by atoms with van der Waals surface area (Å²) in [5, 5.41) is 0. The van der Waals surface area contributed by atoms with Gasteiger partial charge in [0.15, 0.2) is 0 Å². The second-order valence-electron chi connectivity index (χ2n) is 11.9. The highest BCUT2D eigenvalue weighted by Gasteiger charge is 2.51. The third-order valence-electron chi connectivity index (χ3n) is 9.32. The van der Waals surface area contributed by atoms with Gasteiger partial charge in [0.05, 0.1) is 6.10 Å². The van der Waals surface area contributed by atoms with Crippen molar-refractivity contribution in [3.05, 3.63) is 29.6 Å². The zero-order valence-corrected chi connectivity index (χ0v) is 21.0. The van der Waals surface area contributed by atoms with Crippen molar-refractivity contribution >= 4 is 17.7 Å². The molecule has 35 heavy (non-hydrogen) atoms. The van der Waals surface area contributed by atoms with Gasteiger partial charge in [-0.15, -0.1) is 0 Å². The van der Waals surface area contributed by atoms with E-state index in [0.29, 0.717) is 18.5 Å². The Bertz CT molecular complexity index is 1000. The quantitative estimate of drug-likeness (QED) is 0.625. The van der Waals surface area contributed by atoms with E-state index in [4.69, 9.17) is 4.74 Å². The minimum absolute atomic E-state index is 0.0937. The van der Waals surface area contributed by atoms with Crippen molar-refractivity contribution in [1.82, 2.24) is 9.80 Å². The molecule has 7 heteroatoms. The summed E-state index contributed by atoms with van der Waals surface area (Å²) in [5.74, 6) is 0.734. The first-order chi connectivity index (χ1) is 16.8. The summed E-state index contributed by atoms with van der Waals surface area (Å²) < 4.78 is 19.9. The van der Waals surface area contributed by atoms with Gasteiger partial charge in [0.1, 0.15) is 5.82 Å². The first-order valence-corrected chi connectivity index (χ1v) is 13.7. The van der Waals surface area contributed by atoms with Crippen LogP contribution in [-0.4, -0.2) is 66.2 Å². The van der Waals surface area contributed by atoms with E-state index in [0.717, 1.165) is 75.8 Å². The zero-order chi connectivity index (χ0) is 24.3. The number of amides is 2. The largest absolute Gasteiger partial charge is 0.447 e. The van der Waals surface area contributed by atoms with Crippen LogP contribution in [0.1, 0.15) is 70.8 Å². The molecular formula is C28H38FN3O3. The topological polar surface area (TPSA) is 53.1 Å². The molecule has 2 saturated heterocycles. The molecule has 0 N–H and O–H groups in total. The maximum Gasteiger partial charge on any atom is 0.410 e. The van der Waals surface area contributed by atoms with Crippen LogP contribution in [-0.2, 0) is 14.9 Å². The smallest absolute Gasteiger partial charge is 0.410 e. The van der Waals surface area contributed by atoms with Gasteiger partial charge in [0.2, 0.25) is 5.91 Å². The van der Waals surface area contributed by atoms with E-state index < -0.39 is 0 Å². The van der Waals surface area contributed by atoms with Crippen molar-refractivity contribution < 1.29 is 18.7 Å². The van der Waals surface area contributed by atoms with Crippen LogP contribution in [0.5, 0.6) is 0 Å². The van der Waals surface area contributed by atoms with Gasteiger partial charge in [-0.2, -0.15) is 0 Å². The Morgan fingerprint density at radius 2 is 1.86 bits per heavy atom. The van der Waals surface area contributed by atoms with Crippen LogP contribution in [0.3, 0.4) is 0 Å². The highest BCUT2D eigenvalue weighted by Crippen LogP contribution is 2.50. The summed E-state index contributed by atoms with van der Waals surface area (Å²) in [7, 11) is 0. The Kier molecular flexibility index (Phi) is 5.82. The first-order valence-electron chi connectivity index (χ1n) is 13.7. The third-order valence-corrected chi connectivity index (χ3v) is 9.32. The maximum atomic E-state index is 14.3. The second kappa shape index (κ2) is 8.75. The van der Waals surface area contributed by atoms with Crippen molar-refractivity contribution in [2.75, 3.05) is 31.1 Å². The van der Waals surface area contributed by atoms with E-state index in [1.165, 1.54) is 12.5 Å². The Morgan fingerprint density at radius 1 is 1.09 bits per heavy atom. The lowest BCUT2D eigenvalue weighted by Crippen LogP contribution is -2.49. The van der Waals surface area contributed by atoms with Crippen molar-refractivity contribution in [2.45, 2.75) is 88.8 Å². The summed E-state index contributed by atoms with van der Waals surface area (Å²) in [6, 6.07) is 5.76. The van der Waals surface area contributed by atoms with Gasteiger partial charge >= 0.3 is 6.09 Å². The van der Waals surface area contributed by atoms with Gasteiger partial charge < -0.3 is 19.4 Å². The number of carbonyl (C=O) groups excluding carboxylic acids is 2. The summed E-state index contributed by atoms with van der Waals surface area (Å²) >= 11 is 0. The van der Waals surface area contributed by atoms with E-state index in [9.17, 15) is 14.0 Å². The van der Waals surface area contributed by atoms with Crippen LogP contribution >= 0.6 is 0 Å². The number of nitrogens with zero attached hydrogens (tertiary/aromatic N) is 3. The molecule has 2 amide bonds. The van der Waals surface area contributed by atoms with Crippen molar-refractivity contribution in [3.8, 4) is 0 Å². The summed E-state index contributed by atoms with van der Waals surface area (Å²) in [5.41, 5.74) is 1.83. The molecule has 1 spiro atoms. The average molecular weight is 484 g/mol. The van der Waals surface area contributed by atoms with Crippen LogP contribution in [0.25, 0.3) is 0 Å². The molecule has 190 valence electrons. The molecule has 6 nitrogen and oxygen atoms in total. The lowest BCUT2D eigenvalue weighted by molar-refractivity contribution is -0.119. The number of carbonyl (C=O) groups is 2. The van der Waals surface area contributed by atoms with Crippen LogP contribution in [0.2, 0.25) is 0 Å². The molecule has 3 heterocycles. The Hall–Kier alpha value is -2.15. The first kappa shape index (κ1) is 23.3. The number of hydrogen-bond donors (Lipinski definition) is 0. The van der Waals surface area contributed by atoms with Crippen molar-refractivity contribution in [1.29, 1.82) is 0 Å². The van der Waals surface area contributed by atoms with Gasteiger partial charge in [0, 0.05) is 42.2 Å². The molecule has 6 rings (SSSR count). The molecule has 3 aliphatic heterocycles. The average Bonchev–Trinajstić information content (AvgIpc) is 3.53. The minimum Gasteiger partial charge on any atom is -0.447 e. The number of hydrogen-bond acceptors (Lipinski definition) is 4. The van der Waals surface area contributed by atoms with Crippen LogP contribution in [0.15, 0.2) is 18.2 Å². The van der Waals surface area contributed by atoms with E-state index in [1.807, 2.05) is 29.7 Å². The molecule has 1 aromatic rings. The molecule has 3 unspecified atom stereocenters.